The largest absolute Gasteiger partial charge is 0.372 e. The summed E-state index contributed by atoms with van der Waals surface area (Å²) in [5, 5.41) is 2.59. The fourth-order valence-corrected chi connectivity index (χ4v) is 1.88. The molecule has 1 unspecified atom stereocenters. The summed E-state index contributed by atoms with van der Waals surface area (Å²) in [6.07, 6.45) is 1.09. The Morgan fingerprint density at radius 1 is 1.24 bits per heavy atom. The van der Waals surface area contributed by atoms with Crippen molar-refractivity contribution in [3.8, 4) is 0 Å². The Morgan fingerprint density at radius 2 is 1.95 bits per heavy atom. The molecule has 1 aromatic heterocycles. The molecular formula is C16H18N2O3. The van der Waals surface area contributed by atoms with Crippen molar-refractivity contribution >= 4 is 11.6 Å². The molecular weight excluding hydrogens is 268 g/mol. The molecule has 110 valence electrons. The van der Waals surface area contributed by atoms with Crippen LogP contribution in [0.15, 0.2) is 53.5 Å². The Bertz CT molecular complexity index is 665. The lowest BCUT2D eigenvalue weighted by molar-refractivity contribution is -0.124. The quantitative estimate of drug-likeness (QED) is 0.912. The van der Waals surface area contributed by atoms with Crippen LogP contribution in [0.4, 0.5) is 5.69 Å². The highest BCUT2D eigenvalue weighted by Crippen LogP contribution is 2.04. The van der Waals surface area contributed by atoms with Crippen LogP contribution in [-0.4, -0.2) is 23.7 Å². The molecule has 0 aliphatic heterocycles. The molecule has 0 saturated carbocycles. The number of carbonyl (C=O) groups excluding carboxylic acids is 1. The highest BCUT2D eigenvalue weighted by molar-refractivity contribution is 5.93. The zero-order valence-electron chi connectivity index (χ0n) is 12.1. The highest BCUT2D eigenvalue weighted by atomic mass is 16.5. The standard InChI is InChI=1S/C16H18N2O3/c1-12(21-2)15(19)17-14-9-6-10-18(16(14)20)11-13-7-4-3-5-8-13/h3-10,12H,11H2,1-2H3,(H,17,19). The lowest BCUT2D eigenvalue weighted by Gasteiger charge is -2.12. The second kappa shape index (κ2) is 6.85. The number of hydrogen-bond donors (Lipinski definition) is 1. The van der Waals surface area contributed by atoms with Crippen molar-refractivity contribution in [3.05, 3.63) is 64.6 Å². The van der Waals surface area contributed by atoms with Crippen LogP contribution in [0.25, 0.3) is 0 Å². The first-order valence-electron chi connectivity index (χ1n) is 6.69. The average molecular weight is 286 g/mol. The van der Waals surface area contributed by atoms with Crippen molar-refractivity contribution < 1.29 is 9.53 Å². The summed E-state index contributed by atoms with van der Waals surface area (Å²) in [5.41, 5.74) is 1.04. The Hall–Kier alpha value is -2.40. The van der Waals surface area contributed by atoms with Crippen molar-refractivity contribution in [3.63, 3.8) is 0 Å². The van der Waals surface area contributed by atoms with Crippen molar-refractivity contribution in [1.29, 1.82) is 0 Å². The molecule has 0 aliphatic carbocycles. The number of pyridine rings is 1. The molecule has 2 rings (SSSR count). The lowest BCUT2D eigenvalue weighted by atomic mass is 10.2. The number of methoxy groups -OCH3 is 1. The minimum absolute atomic E-state index is 0.238. The molecule has 1 amide bonds. The van der Waals surface area contributed by atoms with Crippen LogP contribution in [0.2, 0.25) is 0 Å². The topological polar surface area (TPSA) is 60.3 Å². The molecule has 1 heterocycles. The summed E-state index contributed by atoms with van der Waals surface area (Å²) in [4.78, 5) is 24.1. The zero-order valence-corrected chi connectivity index (χ0v) is 12.1. The molecule has 5 heteroatoms. The maximum absolute atomic E-state index is 12.3. The van der Waals surface area contributed by atoms with E-state index >= 15 is 0 Å². The van der Waals surface area contributed by atoms with Gasteiger partial charge >= 0.3 is 0 Å². The van der Waals surface area contributed by atoms with E-state index in [-0.39, 0.29) is 17.2 Å². The first kappa shape index (κ1) is 15.0. The third kappa shape index (κ3) is 3.79. The second-order valence-corrected chi connectivity index (χ2v) is 4.71. The molecule has 0 bridgehead atoms. The van der Waals surface area contributed by atoms with Gasteiger partial charge in [0.1, 0.15) is 11.8 Å². The molecule has 1 atom stereocenters. The maximum atomic E-state index is 12.3. The average Bonchev–Trinajstić information content (AvgIpc) is 2.51. The third-order valence-electron chi connectivity index (χ3n) is 3.20. The number of nitrogens with zero attached hydrogens (tertiary/aromatic N) is 1. The number of rotatable bonds is 5. The summed E-state index contributed by atoms with van der Waals surface area (Å²) >= 11 is 0. The molecule has 5 nitrogen and oxygen atoms in total. The van der Waals surface area contributed by atoms with Crippen LogP contribution in [0.3, 0.4) is 0 Å². The Balaban J connectivity index is 2.20. The first-order valence-corrected chi connectivity index (χ1v) is 6.69. The lowest BCUT2D eigenvalue weighted by Crippen LogP contribution is -2.31. The maximum Gasteiger partial charge on any atom is 0.274 e. The van der Waals surface area contributed by atoms with Crippen LogP contribution in [0, 0.1) is 0 Å². The number of amides is 1. The van der Waals surface area contributed by atoms with Gasteiger partial charge in [0, 0.05) is 13.3 Å². The van der Waals surface area contributed by atoms with Gasteiger partial charge in [-0.1, -0.05) is 30.3 Å². The Morgan fingerprint density at radius 3 is 2.62 bits per heavy atom. The number of nitrogens with one attached hydrogen (secondary N) is 1. The molecule has 0 spiro atoms. The van der Waals surface area contributed by atoms with Crippen molar-refractivity contribution in [2.45, 2.75) is 19.6 Å². The summed E-state index contributed by atoms with van der Waals surface area (Å²) in [6, 6.07) is 13.0. The van der Waals surface area contributed by atoms with Gasteiger partial charge in [-0.2, -0.15) is 0 Å². The van der Waals surface area contributed by atoms with E-state index in [0.717, 1.165) is 5.56 Å². The summed E-state index contributed by atoms with van der Waals surface area (Å²) in [7, 11) is 1.45. The smallest absolute Gasteiger partial charge is 0.274 e. The Kier molecular flexibility index (Phi) is 4.90. The monoisotopic (exact) mass is 286 g/mol. The number of benzene rings is 1. The molecule has 0 aliphatic rings. The SMILES string of the molecule is COC(C)C(=O)Nc1cccn(Cc2ccccc2)c1=O. The highest BCUT2D eigenvalue weighted by Gasteiger charge is 2.13. The second-order valence-electron chi connectivity index (χ2n) is 4.71. The van der Waals surface area contributed by atoms with E-state index in [1.807, 2.05) is 30.3 Å². The minimum Gasteiger partial charge on any atom is -0.372 e. The predicted molar refractivity (Wildman–Crippen MR) is 81.3 cm³/mol. The van der Waals surface area contributed by atoms with Crippen LogP contribution in [-0.2, 0) is 16.1 Å². The number of anilines is 1. The van der Waals surface area contributed by atoms with Crippen LogP contribution >= 0.6 is 0 Å². The summed E-state index contributed by atoms with van der Waals surface area (Å²) in [6.45, 7) is 2.09. The van der Waals surface area contributed by atoms with Crippen molar-refractivity contribution in [1.82, 2.24) is 4.57 Å². The summed E-state index contributed by atoms with van der Waals surface area (Å²) in [5.74, 6) is -0.341. The van der Waals surface area contributed by atoms with E-state index in [0.29, 0.717) is 6.54 Å². The van der Waals surface area contributed by atoms with Gasteiger partial charge in [0.15, 0.2) is 0 Å². The van der Waals surface area contributed by atoms with Crippen LogP contribution < -0.4 is 10.9 Å². The third-order valence-corrected chi connectivity index (χ3v) is 3.20. The molecule has 0 fully saturated rings. The number of ether oxygens (including phenoxy) is 1. The van der Waals surface area contributed by atoms with E-state index in [1.165, 1.54) is 7.11 Å². The molecule has 1 N–H and O–H groups in total. The van der Waals surface area contributed by atoms with Crippen molar-refractivity contribution in [2.75, 3.05) is 12.4 Å². The number of aromatic nitrogens is 1. The van der Waals surface area contributed by atoms with Gasteiger partial charge in [-0.3, -0.25) is 9.59 Å². The van der Waals surface area contributed by atoms with E-state index in [2.05, 4.69) is 5.32 Å². The van der Waals surface area contributed by atoms with Crippen LogP contribution in [0.1, 0.15) is 12.5 Å². The van der Waals surface area contributed by atoms with Gasteiger partial charge in [-0.25, -0.2) is 0 Å². The van der Waals surface area contributed by atoms with Crippen molar-refractivity contribution in [2.24, 2.45) is 0 Å². The van der Waals surface area contributed by atoms with Gasteiger partial charge < -0.3 is 14.6 Å². The first-order chi connectivity index (χ1) is 10.1. The molecule has 2 aromatic rings. The Labute approximate surface area is 123 Å². The van der Waals surface area contributed by atoms with Gasteiger partial charge in [0.2, 0.25) is 0 Å². The van der Waals surface area contributed by atoms with E-state index in [4.69, 9.17) is 4.74 Å². The van der Waals surface area contributed by atoms with E-state index in [1.54, 1.807) is 29.8 Å². The number of carbonyl (C=O) groups is 1. The molecule has 21 heavy (non-hydrogen) atoms. The van der Waals surface area contributed by atoms with Gasteiger partial charge in [0.25, 0.3) is 11.5 Å². The molecule has 1 aromatic carbocycles. The molecule has 0 radical (unpaired) electrons. The van der Waals surface area contributed by atoms with Gasteiger partial charge in [-0.15, -0.1) is 0 Å². The normalized spacial score (nSPS) is 11.9. The number of hydrogen-bond acceptors (Lipinski definition) is 3. The molecule has 0 saturated heterocycles. The van der Waals surface area contributed by atoms with E-state index in [9.17, 15) is 9.59 Å². The van der Waals surface area contributed by atoms with E-state index < -0.39 is 6.10 Å². The predicted octanol–water partition coefficient (Wildman–Crippen LogP) is 1.87. The zero-order chi connectivity index (χ0) is 15.2. The fourth-order valence-electron chi connectivity index (χ4n) is 1.88. The van der Waals surface area contributed by atoms with Crippen LogP contribution in [0.5, 0.6) is 0 Å². The minimum atomic E-state index is -0.604. The fraction of sp³-hybridized carbons (Fsp3) is 0.250. The summed E-state index contributed by atoms with van der Waals surface area (Å²) < 4.78 is 6.49. The van der Waals surface area contributed by atoms with Gasteiger partial charge in [-0.05, 0) is 24.6 Å². The van der Waals surface area contributed by atoms with Gasteiger partial charge in [0.05, 0.1) is 6.54 Å².